The predicted molar refractivity (Wildman–Crippen MR) is 101 cm³/mol. The van der Waals surface area contributed by atoms with Crippen LogP contribution in [0.4, 0.5) is 5.69 Å². The number of aromatic hydroxyl groups is 1. The number of carbonyl (C=O) groups is 2. The molecular weight excluding hydrogens is 346 g/mol. The van der Waals surface area contributed by atoms with Gasteiger partial charge in [-0.25, -0.2) is 0 Å². The van der Waals surface area contributed by atoms with E-state index in [1.54, 1.807) is 31.2 Å². The number of rotatable bonds is 5. The average molecular weight is 367 g/mol. The molecule has 1 heterocycles. The number of aliphatic hydroxyl groups is 1. The van der Waals surface area contributed by atoms with Crippen LogP contribution in [0.1, 0.15) is 31.0 Å². The number of benzene rings is 2. The lowest BCUT2D eigenvalue weighted by Crippen LogP contribution is -2.30. The maximum atomic E-state index is 12.8. The fraction of sp³-hybridized carbons (Fsp3) is 0.238. The highest BCUT2D eigenvalue weighted by molar-refractivity contribution is 6.16. The van der Waals surface area contributed by atoms with Crippen molar-refractivity contribution in [3.63, 3.8) is 0 Å². The highest BCUT2D eigenvalue weighted by atomic mass is 16.5. The van der Waals surface area contributed by atoms with Crippen molar-refractivity contribution in [2.45, 2.75) is 26.8 Å². The fourth-order valence-electron chi connectivity index (χ4n) is 3.22. The lowest BCUT2D eigenvalue weighted by molar-refractivity contribution is -0.117. The maximum Gasteiger partial charge on any atom is 0.294 e. The zero-order chi connectivity index (χ0) is 19.7. The molecule has 1 atom stereocenters. The second-order valence-corrected chi connectivity index (χ2v) is 6.39. The van der Waals surface area contributed by atoms with Gasteiger partial charge in [-0.15, -0.1) is 0 Å². The van der Waals surface area contributed by atoms with E-state index in [0.717, 1.165) is 5.56 Å². The molecule has 0 spiro atoms. The van der Waals surface area contributed by atoms with Crippen molar-refractivity contribution >= 4 is 17.4 Å². The molecule has 140 valence electrons. The third-order valence-electron chi connectivity index (χ3n) is 4.50. The van der Waals surface area contributed by atoms with Gasteiger partial charge in [0.25, 0.3) is 5.91 Å². The van der Waals surface area contributed by atoms with Gasteiger partial charge in [0.15, 0.2) is 23.0 Å². The molecule has 0 bridgehead atoms. The second-order valence-electron chi connectivity index (χ2n) is 6.39. The van der Waals surface area contributed by atoms with E-state index in [-0.39, 0.29) is 17.1 Å². The number of ketones is 1. The molecule has 1 amide bonds. The molecule has 1 aliphatic rings. The van der Waals surface area contributed by atoms with E-state index in [1.807, 2.05) is 19.1 Å². The average Bonchev–Trinajstić information content (AvgIpc) is 2.89. The van der Waals surface area contributed by atoms with Crippen LogP contribution in [0.15, 0.2) is 53.8 Å². The first-order valence-corrected chi connectivity index (χ1v) is 8.65. The third-order valence-corrected chi connectivity index (χ3v) is 4.50. The van der Waals surface area contributed by atoms with Crippen LogP contribution in [-0.2, 0) is 9.59 Å². The number of phenolic OH excluding ortho intramolecular Hbond substituents is 1. The van der Waals surface area contributed by atoms with Gasteiger partial charge in [-0.3, -0.25) is 14.5 Å². The summed E-state index contributed by atoms with van der Waals surface area (Å²) in [5, 5.41) is 20.3. The van der Waals surface area contributed by atoms with Crippen molar-refractivity contribution in [1.29, 1.82) is 0 Å². The smallest absolute Gasteiger partial charge is 0.294 e. The molecule has 2 aromatic carbocycles. The van der Waals surface area contributed by atoms with Gasteiger partial charge in [0, 0.05) is 5.69 Å². The first-order valence-electron chi connectivity index (χ1n) is 8.65. The van der Waals surface area contributed by atoms with E-state index >= 15 is 0 Å². The summed E-state index contributed by atoms with van der Waals surface area (Å²) in [4.78, 5) is 26.4. The topological polar surface area (TPSA) is 87.1 Å². The lowest BCUT2D eigenvalue weighted by atomic mass is 9.96. The highest BCUT2D eigenvalue weighted by Crippen LogP contribution is 2.42. The molecule has 2 N–H and O–H groups in total. The monoisotopic (exact) mass is 367 g/mol. The van der Waals surface area contributed by atoms with E-state index in [0.29, 0.717) is 17.9 Å². The number of hydrogen-bond donors (Lipinski definition) is 2. The fourth-order valence-corrected chi connectivity index (χ4v) is 3.22. The Labute approximate surface area is 157 Å². The van der Waals surface area contributed by atoms with Gasteiger partial charge < -0.3 is 14.9 Å². The molecule has 0 fully saturated rings. The molecule has 0 aliphatic carbocycles. The largest absolute Gasteiger partial charge is 0.504 e. The van der Waals surface area contributed by atoms with Gasteiger partial charge in [-0.05, 0) is 50.6 Å². The Kier molecular flexibility index (Phi) is 4.90. The molecule has 1 aliphatic heterocycles. The van der Waals surface area contributed by atoms with E-state index in [4.69, 9.17) is 4.74 Å². The number of aryl methyl sites for hydroxylation is 1. The van der Waals surface area contributed by atoms with Crippen LogP contribution in [0, 0.1) is 6.92 Å². The van der Waals surface area contributed by atoms with Crippen molar-refractivity contribution in [3.05, 3.63) is 64.9 Å². The van der Waals surface area contributed by atoms with Gasteiger partial charge in [0.2, 0.25) is 0 Å². The third kappa shape index (κ3) is 3.26. The molecule has 0 saturated carbocycles. The van der Waals surface area contributed by atoms with Gasteiger partial charge in [-0.1, -0.05) is 23.8 Å². The van der Waals surface area contributed by atoms with Crippen molar-refractivity contribution < 1.29 is 24.5 Å². The summed E-state index contributed by atoms with van der Waals surface area (Å²) in [5.41, 5.74) is 2.16. The number of anilines is 1. The summed E-state index contributed by atoms with van der Waals surface area (Å²) in [6.45, 7) is 5.38. The predicted octanol–water partition coefficient (Wildman–Crippen LogP) is 3.59. The SMILES string of the molecule is CCOc1cc(C2C(C(C)=O)=C(O)C(=O)N2c2ccc(C)cc2)ccc1O. The summed E-state index contributed by atoms with van der Waals surface area (Å²) < 4.78 is 5.43. The lowest BCUT2D eigenvalue weighted by Gasteiger charge is -2.27. The normalized spacial score (nSPS) is 16.8. The maximum absolute atomic E-state index is 12.8. The minimum absolute atomic E-state index is 0.0220. The Hall–Kier alpha value is -3.28. The Bertz CT molecular complexity index is 930. The van der Waals surface area contributed by atoms with Crippen LogP contribution in [-0.4, -0.2) is 28.5 Å². The first kappa shape index (κ1) is 18.5. The zero-order valence-corrected chi connectivity index (χ0v) is 15.4. The number of phenols is 1. The molecular formula is C21H21NO5. The van der Waals surface area contributed by atoms with Crippen molar-refractivity contribution in [2.75, 3.05) is 11.5 Å². The summed E-state index contributed by atoms with van der Waals surface area (Å²) in [6.07, 6.45) is 0. The van der Waals surface area contributed by atoms with Gasteiger partial charge >= 0.3 is 0 Å². The van der Waals surface area contributed by atoms with Crippen LogP contribution in [0.5, 0.6) is 11.5 Å². The molecule has 0 saturated heterocycles. The van der Waals surface area contributed by atoms with Crippen LogP contribution < -0.4 is 9.64 Å². The summed E-state index contributed by atoms with van der Waals surface area (Å²) in [7, 11) is 0. The molecule has 0 aromatic heterocycles. The molecule has 6 nitrogen and oxygen atoms in total. The molecule has 1 unspecified atom stereocenters. The molecule has 3 rings (SSSR count). The second kappa shape index (κ2) is 7.15. The number of Topliss-reactive ketones (excluding diaryl/α,β-unsaturated/α-hetero) is 1. The number of hydrogen-bond acceptors (Lipinski definition) is 5. The Morgan fingerprint density at radius 3 is 2.41 bits per heavy atom. The van der Waals surface area contributed by atoms with E-state index in [1.165, 1.54) is 17.9 Å². The van der Waals surface area contributed by atoms with Crippen LogP contribution in [0.25, 0.3) is 0 Å². The Morgan fingerprint density at radius 1 is 1.15 bits per heavy atom. The van der Waals surface area contributed by atoms with E-state index in [9.17, 15) is 19.8 Å². The van der Waals surface area contributed by atoms with Crippen molar-refractivity contribution in [3.8, 4) is 11.5 Å². The van der Waals surface area contributed by atoms with Gasteiger partial charge in [-0.2, -0.15) is 0 Å². The summed E-state index contributed by atoms with van der Waals surface area (Å²) in [6, 6.07) is 11.1. The zero-order valence-electron chi connectivity index (χ0n) is 15.4. The summed E-state index contributed by atoms with van der Waals surface area (Å²) in [5.74, 6) is -1.38. The minimum atomic E-state index is -0.808. The van der Waals surface area contributed by atoms with Crippen LogP contribution in [0.3, 0.4) is 0 Å². The van der Waals surface area contributed by atoms with Gasteiger partial charge in [0.1, 0.15) is 0 Å². The van der Waals surface area contributed by atoms with Crippen molar-refractivity contribution in [1.82, 2.24) is 0 Å². The number of ether oxygens (including phenoxy) is 1. The number of amides is 1. The van der Waals surface area contributed by atoms with E-state index in [2.05, 4.69) is 0 Å². The molecule has 27 heavy (non-hydrogen) atoms. The molecule has 0 radical (unpaired) electrons. The first-order chi connectivity index (χ1) is 12.8. The quantitative estimate of drug-likeness (QED) is 0.843. The minimum Gasteiger partial charge on any atom is -0.504 e. The number of carbonyl (C=O) groups excluding carboxylic acids is 2. The van der Waals surface area contributed by atoms with E-state index < -0.39 is 23.5 Å². The summed E-state index contributed by atoms with van der Waals surface area (Å²) >= 11 is 0. The number of nitrogens with zero attached hydrogens (tertiary/aromatic N) is 1. The van der Waals surface area contributed by atoms with Gasteiger partial charge in [0.05, 0.1) is 18.2 Å². The van der Waals surface area contributed by atoms with Crippen LogP contribution in [0.2, 0.25) is 0 Å². The molecule has 6 heteroatoms. The molecule has 2 aromatic rings. The Morgan fingerprint density at radius 2 is 1.81 bits per heavy atom. The number of aliphatic hydroxyl groups excluding tert-OH is 1. The van der Waals surface area contributed by atoms with Crippen LogP contribution >= 0.6 is 0 Å². The highest BCUT2D eigenvalue weighted by Gasteiger charge is 2.43. The Balaban J connectivity index is 2.17. The standard InChI is InChI=1S/C21H21NO5/c1-4-27-17-11-14(7-10-16(17)24)19-18(13(3)23)20(25)21(26)22(19)15-8-5-12(2)6-9-15/h5-11,19,24-25H,4H2,1-3H3. The van der Waals surface area contributed by atoms with Crippen molar-refractivity contribution in [2.24, 2.45) is 0 Å².